The van der Waals surface area contributed by atoms with E-state index >= 15 is 0 Å². The van der Waals surface area contributed by atoms with Gasteiger partial charge in [0.25, 0.3) is 0 Å². The Kier molecular flexibility index (Phi) is 3.24. The highest BCUT2D eigenvalue weighted by molar-refractivity contribution is 5.65. The number of rotatable bonds is 2. The first kappa shape index (κ1) is 9.97. The summed E-state index contributed by atoms with van der Waals surface area (Å²) in [6, 6.07) is 4.40. The third kappa shape index (κ3) is 2.18. The van der Waals surface area contributed by atoms with Crippen LogP contribution in [0.3, 0.4) is 0 Å². The van der Waals surface area contributed by atoms with Crippen molar-refractivity contribution in [3.05, 3.63) is 28.8 Å². The number of hydrogen-bond acceptors (Lipinski definition) is 1. The van der Waals surface area contributed by atoms with E-state index in [9.17, 15) is 0 Å². The van der Waals surface area contributed by atoms with Crippen LogP contribution in [0.15, 0.2) is 17.1 Å². The van der Waals surface area contributed by atoms with Gasteiger partial charge >= 0.3 is 0 Å². The molecular formula is C12H17N. The predicted octanol–water partition coefficient (Wildman–Crippen LogP) is 3.59. The summed E-state index contributed by atoms with van der Waals surface area (Å²) in [5.41, 5.74) is 5.09. The van der Waals surface area contributed by atoms with Crippen LogP contribution in [-0.4, -0.2) is 6.21 Å². The quantitative estimate of drug-likeness (QED) is 0.609. The lowest BCUT2D eigenvalue weighted by Gasteiger charge is -2.07. The van der Waals surface area contributed by atoms with Gasteiger partial charge in [0.2, 0.25) is 0 Å². The molecule has 0 radical (unpaired) electrons. The monoisotopic (exact) mass is 175 g/mol. The van der Waals surface area contributed by atoms with Crippen molar-refractivity contribution < 1.29 is 0 Å². The van der Waals surface area contributed by atoms with Gasteiger partial charge < -0.3 is 0 Å². The molecule has 0 atom stereocenters. The molecule has 0 heterocycles. The van der Waals surface area contributed by atoms with Crippen LogP contribution in [0.4, 0.5) is 5.69 Å². The summed E-state index contributed by atoms with van der Waals surface area (Å²) >= 11 is 0. The van der Waals surface area contributed by atoms with Gasteiger partial charge in [-0.25, -0.2) is 0 Å². The van der Waals surface area contributed by atoms with Gasteiger partial charge in [0.15, 0.2) is 0 Å². The summed E-state index contributed by atoms with van der Waals surface area (Å²) < 4.78 is 0. The maximum atomic E-state index is 4.39. The second kappa shape index (κ2) is 4.22. The average molecular weight is 175 g/mol. The zero-order valence-electron chi connectivity index (χ0n) is 8.89. The number of hydrogen-bond donors (Lipinski definition) is 0. The predicted molar refractivity (Wildman–Crippen MR) is 59.1 cm³/mol. The Hall–Kier alpha value is -1.11. The Morgan fingerprint density at radius 3 is 2.54 bits per heavy atom. The lowest BCUT2D eigenvalue weighted by Crippen LogP contribution is -1.87. The first-order chi connectivity index (χ1) is 6.19. The highest BCUT2D eigenvalue weighted by Crippen LogP contribution is 2.25. The summed E-state index contributed by atoms with van der Waals surface area (Å²) in [6.07, 6.45) is 2.91. The topological polar surface area (TPSA) is 12.4 Å². The minimum atomic E-state index is 1.05. The van der Waals surface area contributed by atoms with Crippen LogP contribution in [0.1, 0.15) is 30.5 Å². The van der Waals surface area contributed by atoms with E-state index in [4.69, 9.17) is 0 Å². The summed E-state index contributed by atoms with van der Waals surface area (Å²) in [4.78, 5) is 4.39. The van der Waals surface area contributed by atoms with Crippen molar-refractivity contribution in [3.63, 3.8) is 0 Å². The minimum absolute atomic E-state index is 1.05. The Balaban J connectivity index is 3.29. The molecule has 0 spiro atoms. The zero-order chi connectivity index (χ0) is 9.84. The Morgan fingerprint density at radius 2 is 2.00 bits per heavy atom. The largest absolute Gasteiger partial charge is 0.261 e. The molecule has 1 rings (SSSR count). The molecule has 0 aliphatic heterocycles. The van der Waals surface area contributed by atoms with Crippen LogP contribution in [0.25, 0.3) is 0 Å². The summed E-state index contributed by atoms with van der Waals surface area (Å²) in [5.74, 6) is 0. The fourth-order valence-corrected chi connectivity index (χ4v) is 1.63. The molecule has 0 fully saturated rings. The van der Waals surface area contributed by atoms with Crippen LogP contribution in [0.2, 0.25) is 0 Å². The van der Waals surface area contributed by atoms with Crippen molar-refractivity contribution in [2.24, 2.45) is 4.99 Å². The average Bonchev–Trinajstić information content (AvgIpc) is 2.09. The molecule has 0 bridgehead atoms. The molecule has 0 unspecified atom stereocenters. The molecule has 0 amide bonds. The summed E-state index contributed by atoms with van der Waals surface area (Å²) in [7, 11) is 0. The van der Waals surface area contributed by atoms with E-state index in [-0.39, 0.29) is 0 Å². The van der Waals surface area contributed by atoms with E-state index in [0.717, 1.165) is 12.1 Å². The van der Waals surface area contributed by atoms with Gasteiger partial charge in [-0.1, -0.05) is 24.6 Å². The van der Waals surface area contributed by atoms with Crippen LogP contribution >= 0.6 is 0 Å². The van der Waals surface area contributed by atoms with E-state index in [1.54, 1.807) is 0 Å². The first-order valence-electron chi connectivity index (χ1n) is 4.77. The van der Waals surface area contributed by atoms with Gasteiger partial charge in [-0.05, 0) is 38.3 Å². The van der Waals surface area contributed by atoms with E-state index < -0.39 is 0 Å². The normalized spacial score (nSPS) is 11.1. The molecule has 1 aromatic rings. The van der Waals surface area contributed by atoms with Crippen molar-refractivity contribution in [2.45, 2.75) is 34.1 Å². The van der Waals surface area contributed by atoms with Crippen molar-refractivity contribution >= 4 is 11.9 Å². The Labute approximate surface area is 80.5 Å². The van der Waals surface area contributed by atoms with Crippen molar-refractivity contribution in [3.8, 4) is 0 Å². The third-order valence-corrected chi connectivity index (χ3v) is 2.16. The number of aliphatic imine (C=N–C) groups is 1. The van der Waals surface area contributed by atoms with Crippen LogP contribution < -0.4 is 0 Å². The second-order valence-corrected chi connectivity index (χ2v) is 3.33. The molecule has 0 saturated heterocycles. The van der Waals surface area contributed by atoms with Crippen molar-refractivity contribution in [2.75, 3.05) is 0 Å². The molecule has 1 heteroatoms. The molecule has 0 saturated carbocycles. The van der Waals surface area contributed by atoms with Crippen LogP contribution in [-0.2, 0) is 6.42 Å². The number of benzene rings is 1. The smallest absolute Gasteiger partial charge is 0.0686 e. The highest BCUT2D eigenvalue weighted by Gasteiger charge is 2.02. The molecule has 1 aromatic carbocycles. The molecule has 0 aromatic heterocycles. The van der Waals surface area contributed by atoms with Crippen LogP contribution in [0.5, 0.6) is 0 Å². The van der Waals surface area contributed by atoms with Crippen LogP contribution in [0, 0.1) is 13.8 Å². The lowest BCUT2D eigenvalue weighted by molar-refractivity contribution is 1.11. The molecule has 0 aliphatic rings. The zero-order valence-corrected chi connectivity index (χ0v) is 8.89. The number of nitrogens with zero attached hydrogens (tertiary/aromatic N) is 1. The van der Waals surface area contributed by atoms with Gasteiger partial charge in [0.1, 0.15) is 0 Å². The summed E-state index contributed by atoms with van der Waals surface area (Å²) in [5, 5.41) is 0. The fraction of sp³-hybridized carbons (Fsp3) is 0.417. The maximum Gasteiger partial charge on any atom is 0.0686 e. The summed E-state index contributed by atoms with van der Waals surface area (Å²) in [6.45, 7) is 8.38. The standard InChI is InChI=1S/C12H17N/c1-5-11-8-9(3)7-10(4)12(11)13-6-2/h6-8H,5H2,1-4H3. The van der Waals surface area contributed by atoms with Gasteiger partial charge in [-0.15, -0.1) is 0 Å². The van der Waals surface area contributed by atoms with Gasteiger partial charge in [-0.2, -0.15) is 0 Å². The second-order valence-electron chi connectivity index (χ2n) is 3.33. The van der Waals surface area contributed by atoms with E-state index in [1.165, 1.54) is 16.7 Å². The third-order valence-electron chi connectivity index (χ3n) is 2.16. The Bertz CT molecular complexity index is 324. The van der Waals surface area contributed by atoms with E-state index in [0.29, 0.717) is 0 Å². The fourth-order valence-electron chi connectivity index (χ4n) is 1.63. The lowest BCUT2D eigenvalue weighted by atomic mass is 10.0. The highest BCUT2D eigenvalue weighted by atomic mass is 14.7. The first-order valence-corrected chi connectivity index (χ1v) is 4.77. The molecule has 70 valence electrons. The van der Waals surface area contributed by atoms with Crippen molar-refractivity contribution in [1.29, 1.82) is 0 Å². The molecule has 0 aliphatic carbocycles. The molecular weight excluding hydrogens is 158 g/mol. The molecule has 13 heavy (non-hydrogen) atoms. The minimum Gasteiger partial charge on any atom is -0.261 e. The van der Waals surface area contributed by atoms with E-state index in [2.05, 4.69) is 37.9 Å². The molecule has 0 N–H and O–H groups in total. The maximum absolute atomic E-state index is 4.39. The SMILES string of the molecule is CC=Nc1c(C)cc(C)cc1CC. The van der Waals surface area contributed by atoms with Gasteiger partial charge in [0.05, 0.1) is 5.69 Å². The van der Waals surface area contributed by atoms with Gasteiger partial charge in [0, 0.05) is 6.21 Å². The Morgan fingerprint density at radius 1 is 1.31 bits per heavy atom. The van der Waals surface area contributed by atoms with E-state index in [1.807, 2.05) is 13.1 Å². The van der Waals surface area contributed by atoms with Crippen molar-refractivity contribution in [1.82, 2.24) is 0 Å². The molecule has 1 nitrogen and oxygen atoms in total. The van der Waals surface area contributed by atoms with Gasteiger partial charge in [-0.3, -0.25) is 4.99 Å². The number of aryl methyl sites for hydroxylation is 3.